The molecule has 1 aliphatic carbocycles. The molecular weight excluding hydrogens is 498 g/mol. The monoisotopic (exact) mass is 527 g/mol. The molecule has 0 N–H and O–H groups in total. The average Bonchev–Trinajstić information content (AvgIpc) is 2.93. The first kappa shape index (κ1) is 25.9. The van der Waals surface area contributed by atoms with Crippen LogP contribution in [0.2, 0.25) is 5.02 Å². The van der Waals surface area contributed by atoms with Crippen LogP contribution < -0.4 is 4.74 Å². The van der Waals surface area contributed by atoms with E-state index in [4.69, 9.17) is 26.1 Å². The number of ether oxygens (including phenoxy) is 2. The SMILES string of the molecule is COc1ccc([C@H]2CC(=O)C3=C(C2)N=C(C)C(C(=O)OCCc2ccccc2)[C@H]3c2ccccc2Cl)cc1. The third-order valence-electron chi connectivity index (χ3n) is 7.45. The van der Waals surface area contributed by atoms with Crippen LogP contribution >= 0.6 is 11.6 Å². The number of halogens is 1. The van der Waals surface area contributed by atoms with E-state index in [1.807, 2.05) is 79.7 Å². The van der Waals surface area contributed by atoms with Gasteiger partial charge in [-0.25, -0.2) is 0 Å². The number of rotatable bonds is 7. The molecule has 0 amide bonds. The number of esters is 1. The molecule has 5 nitrogen and oxygen atoms in total. The first-order chi connectivity index (χ1) is 18.5. The van der Waals surface area contributed by atoms with Crippen LogP contribution in [0.3, 0.4) is 0 Å². The molecule has 0 radical (unpaired) electrons. The molecule has 5 rings (SSSR count). The van der Waals surface area contributed by atoms with Gasteiger partial charge in [-0.3, -0.25) is 14.6 Å². The Morgan fingerprint density at radius 1 is 0.974 bits per heavy atom. The zero-order valence-electron chi connectivity index (χ0n) is 21.5. The van der Waals surface area contributed by atoms with Gasteiger partial charge in [-0.2, -0.15) is 0 Å². The number of hydrogen-bond donors (Lipinski definition) is 0. The first-order valence-electron chi connectivity index (χ1n) is 12.9. The fourth-order valence-electron chi connectivity index (χ4n) is 5.54. The minimum atomic E-state index is -0.717. The largest absolute Gasteiger partial charge is 0.497 e. The fourth-order valence-corrected chi connectivity index (χ4v) is 5.80. The van der Waals surface area contributed by atoms with Gasteiger partial charge in [-0.05, 0) is 54.2 Å². The van der Waals surface area contributed by atoms with Crippen LogP contribution in [0, 0.1) is 5.92 Å². The molecule has 3 atom stereocenters. The molecule has 6 heteroatoms. The van der Waals surface area contributed by atoms with Gasteiger partial charge in [-0.1, -0.05) is 72.3 Å². The number of Topliss-reactive ketones (excluding diaryl/α,β-unsaturated/α-hetero) is 1. The minimum Gasteiger partial charge on any atom is -0.497 e. The number of allylic oxidation sites excluding steroid dienone is 2. The second-order valence-corrected chi connectivity index (χ2v) is 10.2. The lowest BCUT2D eigenvalue weighted by atomic mass is 9.69. The maximum Gasteiger partial charge on any atom is 0.315 e. The van der Waals surface area contributed by atoms with Gasteiger partial charge in [0, 0.05) is 40.8 Å². The van der Waals surface area contributed by atoms with Crippen molar-refractivity contribution in [2.24, 2.45) is 10.9 Å². The molecule has 0 saturated carbocycles. The van der Waals surface area contributed by atoms with Crippen molar-refractivity contribution in [3.63, 3.8) is 0 Å². The van der Waals surface area contributed by atoms with Gasteiger partial charge < -0.3 is 9.47 Å². The summed E-state index contributed by atoms with van der Waals surface area (Å²) in [5, 5.41) is 0.520. The van der Waals surface area contributed by atoms with Gasteiger partial charge in [-0.15, -0.1) is 0 Å². The van der Waals surface area contributed by atoms with Gasteiger partial charge >= 0.3 is 5.97 Å². The maximum absolute atomic E-state index is 13.8. The van der Waals surface area contributed by atoms with Crippen molar-refractivity contribution in [2.75, 3.05) is 13.7 Å². The van der Waals surface area contributed by atoms with Crippen LogP contribution in [-0.2, 0) is 20.7 Å². The molecule has 38 heavy (non-hydrogen) atoms. The highest BCUT2D eigenvalue weighted by Gasteiger charge is 2.45. The van der Waals surface area contributed by atoms with Gasteiger partial charge in [0.1, 0.15) is 11.7 Å². The van der Waals surface area contributed by atoms with E-state index in [9.17, 15) is 9.59 Å². The van der Waals surface area contributed by atoms with E-state index in [0.29, 0.717) is 35.6 Å². The molecular formula is C32H30ClNO4. The summed E-state index contributed by atoms with van der Waals surface area (Å²) >= 11 is 6.65. The number of carbonyl (C=O) groups is 2. The lowest BCUT2D eigenvalue weighted by Crippen LogP contribution is -2.38. The van der Waals surface area contributed by atoms with E-state index in [2.05, 4.69) is 0 Å². The van der Waals surface area contributed by atoms with E-state index < -0.39 is 11.8 Å². The van der Waals surface area contributed by atoms with E-state index in [1.54, 1.807) is 13.2 Å². The topological polar surface area (TPSA) is 65.0 Å². The van der Waals surface area contributed by atoms with Crippen LogP contribution in [0.15, 0.2) is 95.1 Å². The van der Waals surface area contributed by atoms with Gasteiger partial charge in [0.2, 0.25) is 0 Å². The standard InChI is InChI=1S/C32H30ClNO4/c1-20-29(32(36)38-17-16-21-8-4-3-5-9-21)30(25-10-6-7-11-26(25)33)31-27(34-20)18-23(19-28(31)35)22-12-14-24(37-2)15-13-22/h3-15,23,29-30H,16-19H2,1-2H3/t23-,29?,30-/m1/s1. The molecule has 0 bridgehead atoms. The Morgan fingerprint density at radius 3 is 2.39 bits per heavy atom. The van der Waals surface area contributed by atoms with Crippen molar-refractivity contribution in [1.29, 1.82) is 0 Å². The Kier molecular flexibility index (Phi) is 7.75. The number of benzene rings is 3. The lowest BCUT2D eigenvalue weighted by molar-refractivity contribution is -0.146. The van der Waals surface area contributed by atoms with Gasteiger partial charge in [0.05, 0.1) is 13.7 Å². The Labute approximate surface area is 228 Å². The molecule has 0 aromatic heterocycles. The molecule has 3 aromatic rings. The number of ketones is 1. The first-order valence-corrected chi connectivity index (χ1v) is 13.2. The van der Waals surface area contributed by atoms with Gasteiger partial charge in [0.25, 0.3) is 0 Å². The lowest BCUT2D eigenvalue weighted by Gasteiger charge is -2.36. The summed E-state index contributed by atoms with van der Waals surface area (Å²) in [6, 6.07) is 25.1. The van der Waals surface area contributed by atoms with Crippen LogP contribution in [0.4, 0.5) is 0 Å². The second-order valence-electron chi connectivity index (χ2n) is 9.80. The smallest absolute Gasteiger partial charge is 0.315 e. The van der Waals surface area contributed by atoms with Crippen molar-refractivity contribution in [1.82, 2.24) is 0 Å². The molecule has 1 aliphatic heterocycles. The van der Waals surface area contributed by atoms with E-state index >= 15 is 0 Å². The zero-order valence-corrected chi connectivity index (χ0v) is 22.3. The van der Waals surface area contributed by atoms with Crippen LogP contribution in [0.1, 0.15) is 48.3 Å². The van der Waals surface area contributed by atoms with Gasteiger partial charge in [0.15, 0.2) is 5.78 Å². The summed E-state index contributed by atoms with van der Waals surface area (Å²) in [5.74, 6) is -0.866. The summed E-state index contributed by atoms with van der Waals surface area (Å²) in [7, 11) is 1.63. The summed E-state index contributed by atoms with van der Waals surface area (Å²) in [5.41, 5.74) is 4.86. The Balaban J connectivity index is 1.46. The molecule has 0 spiro atoms. The minimum absolute atomic E-state index is 0.00433. The Hall–Kier alpha value is -3.70. The molecule has 194 valence electrons. The quantitative estimate of drug-likeness (QED) is 0.320. The van der Waals surface area contributed by atoms with Crippen molar-refractivity contribution in [2.45, 2.75) is 38.0 Å². The summed E-state index contributed by atoms with van der Waals surface area (Å²) < 4.78 is 11.1. The highest BCUT2D eigenvalue weighted by Crippen LogP contribution is 2.48. The number of hydrogen-bond acceptors (Lipinski definition) is 5. The maximum atomic E-state index is 13.8. The van der Waals surface area contributed by atoms with Crippen molar-refractivity contribution < 1.29 is 19.1 Å². The second kappa shape index (κ2) is 11.4. The number of nitrogens with zero attached hydrogens (tertiary/aromatic N) is 1. The molecule has 0 saturated heterocycles. The van der Waals surface area contributed by atoms with Crippen LogP contribution in [0.25, 0.3) is 0 Å². The molecule has 1 unspecified atom stereocenters. The number of carbonyl (C=O) groups excluding carboxylic acids is 2. The third-order valence-corrected chi connectivity index (χ3v) is 7.79. The number of aliphatic imine (C=N–C) groups is 1. The molecule has 0 fully saturated rings. The molecule has 1 heterocycles. The van der Waals surface area contributed by atoms with Crippen molar-refractivity contribution >= 4 is 29.1 Å². The summed E-state index contributed by atoms with van der Waals surface area (Å²) in [6.45, 7) is 2.10. The zero-order chi connectivity index (χ0) is 26.6. The highest BCUT2D eigenvalue weighted by molar-refractivity contribution is 6.31. The Bertz CT molecular complexity index is 1390. The van der Waals surface area contributed by atoms with Crippen LogP contribution in [-0.4, -0.2) is 31.2 Å². The summed E-state index contributed by atoms with van der Waals surface area (Å²) in [4.78, 5) is 32.1. The van der Waals surface area contributed by atoms with Crippen molar-refractivity contribution in [3.05, 3.63) is 112 Å². The molecule has 2 aliphatic rings. The average molecular weight is 528 g/mol. The normalized spacial score (nSPS) is 21.0. The van der Waals surface area contributed by atoms with E-state index in [1.165, 1.54) is 0 Å². The highest BCUT2D eigenvalue weighted by atomic mass is 35.5. The predicted octanol–water partition coefficient (Wildman–Crippen LogP) is 6.71. The van der Waals surface area contributed by atoms with Crippen molar-refractivity contribution in [3.8, 4) is 5.75 Å². The predicted molar refractivity (Wildman–Crippen MR) is 149 cm³/mol. The van der Waals surface area contributed by atoms with E-state index in [-0.39, 0.29) is 24.3 Å². The third kappa shape index (κ3) is 5.30. The summed E-state index contributed by atoms with van der Waals surface area (Å²) in [6.07, 6.45) is 1.57. The number of methoxy groups -OCH3 is 1. The molecule has 3 aromatic carbocycles. The Morgan fingerprint density at radius 2 is 1.68 bits per heavy atom. The fraction of sp³-hybridized carbons (Fsp3) is 0.281. The van der Waals surface area contributed by atoms with E-state index in [0.717, 1.165) is 28.1 Å². The van der Waals surface area contributed by atoms with Crippen LogP contribution in [0.5, 0.6) is 5.75 Å².